The molecule has 0 aliphatic rings. The van der Waals surface area contributed by atoms with Crippen LogP contribution in [0, 0.1) is 13.8 Å². The normalized spacial score (nSPS) is 12.4. The fourth-order valence-corrected chi connectivity index (χ4v) is 4.29. The lowest BCUT2D eigenvalue weighted by Crippen LogP contribution is -2.15. The second-order valence-electron chi connectivity index (χ2n) is 7.26. The summed E-state index contributed by atoms with van der Waals surface area (Å²) in [5, 5.41) is 18.8. The molecule has 0 radical (unpaired) electrons. The van der Waals surface area contributed by atoms with Crippen LogP contribution in [0.1, 0.15) is 44.6 Å². The summed E-state index contributed by atoms with van der Waals surface area (Å²) in [6.45, 7) is 3.90. The number of rotatable bonds is 5. The van der Waals surface area contributed by atoms with Crippen molar-refractivity contribution >= 4 is 39.1 Å². The van der Waals surface area contributed by atoms with E-state index in [1.807, 2.05) is 48.7 Å². The number of carbonyl (C=O) groups is 1. The maximum atomic E-state index is 11.9. The third-order valence-electron chi connectivity index (χ3n) is 5.25. The summed E-state index contributed by atoms with van der Waals surface area (Å²) >= 11 is 9.46. The highest BCUT2D eigenvalue weighted by Crippen LogP contribution is 2.33. The van der Waals surface area contributed by atoms with Crippen LogP contribution in [0.4, 0.5) is 0 Å². The number of benzene rings is 1. The van der Waals surface area contributed by atoms with Gasteiger partial charge in [0.25, 0.3) is 0 Å². The van der Waals surface area contributed by atoms with Gasteiger partial charge in [-0.25, -0.2) is 9.78 Å². The van der Waals surface area contributed by atoms with Gasteiger partial charge in [-0.2, -0.15) is 0 Å². The van der Waals surface area contributed by atoms with Crippen molar-refractivity contribution < 1.29 is 9.90 Å². The monoisotopic (exact) mass is 487 g/mol. The van der Waals surface area contributed by atoms with Gasteiger partial charge in [-0.05, 0) is 65.0 Å². The van der Waals surface area contributed by atoms with Gasteiger partial charge >= 0.3 is 5.97 Å². The predicted molar refractivity (Wildman–Crippen MR) is 117 cm³/mol. The van der Waals surface area contributed by atoms with E-state index in [0.29, 0.717) is 21.9 Å². The third kappa shape index (κ3) is 3.61. The fourth-order valence-electron chi connectivity index (χ4n) is 3.79. The fraction of sp³-hybridized carbons (Fsp3) is 0.238. The number of pyridine rings is 1. The van der Waals surface area contributed by atoms with E-state index in [9.17, 15) is 9.90 Å². The van der Waals surface area contributed by atoms with Crippen molar-refractivity contribution in [2.24, 2.45) is 7.05 Å². The summed E-state index contributed by atoms with van der Waals surface area (Å²) in [7, 11) is 1.81. The van der Waals surface area contributed by atoms with Crippen LogP contribution in [0.5, 0.6) is 0 Å². The Morgan fingerprint density at radius 1 is 1.23 bits per heavy atom. The number of imidazole rings is 1. The van der Waals surface area contributed by atoms with Crippen LogP contribution in [-0.2, 0) is 13.5 Å². The summed E-state index contributed by atoms with van der Waals surface area (Å²) in [6, 6.07) is 9.55. The molecule has 1 atom stereocenters. The number of hydrogen-bond donors (Lipinski definition) is 1. The zero-order valence-electron chi connectivity index (χ0n) is 16.6. The smallest absolute Gasteiger partial charge is 0.356 e. The molecule has 3 aromatic heterocycles. The van der Waals surface area contributed by atoms with Gasteiger partial charge in [0.2, 0.25) is 0 Å². The third-order valence-corrected chi connectivity index (χ3v) is 6.21. The van der Waals surface area contributed by atoms with E-state index in [1.54, 1.807) is 11.6 Å². The molecule has 0 bridgehead atoms. The first-order chi connectivity index (χ1) is 14.3. The zero-order valence-corrected chi connectivity index (χ0v) is 18.9. The zero-order chi connectivity index (χ0) is 21.6. The molecule has 9 heteroatoms. The Morgan fingerprint density at radius 3 is 2.60 bits per heavy atom. The number of fused-ring (bicyclic) bond motifs is 1. The molecule has 0 amide bonds. The van der Waals surface area contributed by atoms with Crippen LogP contribution in [0.3, 0.4) is 0 Å². The average Bonchev–Trinajstić information content (AvgIpc) is 3.22. The number of carboxylic acids is 1. The standard InChI is InChI=1S/C21H19BrClN5O2/c1-11-8-13(10-28-12(2)25-26-19(11)28)9-16(14-4-6-15(23)7-5-14)18-17(20(29)30)24-21(22)27(18)3/h4-8,10,16H,9H2,1-3H3,(H,29,30). The molecule has 0 aliphatic carbocycles. The topological polar surface area (TPSA) is 85.3 Å². The highest BCUT2D eigenvalue weighted by molar-refractivity contribution is 9.10. The molecule has 3 heterocycles. The average molecular weight is 489 g/mol. The number of aromatic nitrogens is 5. The van der Waals surface area contributed by atoms with E-state index >= 15 is 0 Å². The number of carboxylic acid groups (broad SMARTS) is 1. The SMILES string of the molecule is Cc1cc(CC(c2ccc(Cl)cc2)c2c(C(=O)O)nc(Br)n2C)cn2c(C)nnc12. The van der Waals surface area contributed by atoms with Gasteiger partial charge in [0.1, 0.15) is 5.82 Å². The van der Waals surface area contributed by atoms with Crippen molar-refractivity contribution in [1.82, 2.24) is 24.1 Å². The largest absolute Gasteiger partial charge is 0.476 e. The van der Waals surface area contributed by atoms with Crippen LogP contribution < -0.4 is 0 Å². The molecule has 30 heavy (non-hydrogen) atoms. The van der Waals surface area contributed by atoms with Crippen molar-refractivity contribution in [3.63, 3.8) is 0 Å². The maximum Gasteiger partial charge on any atom is 0.356 e. The molecule has 1 aromatic carbocycles. The molecule has 0 spiro atoms. The minimum atomic E-state index is -1.06. The highest BCUT2D eigenvalue weighted by atomic mass is 79.9. The molecule has 7 nitrogen and oxygen atoms in total. The quantitative estimate of drug-likeness (QED) is 0.445. The van der Waals surface area contributed by atoms with E-state index in [1.165, 1.54) is 0 Å². The Hall–Kier alpha value is -2.71. The molecule has 0 aliphatic heterocycles. The number of nitrogens with zero attached hydrogens (tertiary/aromatic N) is 5. The van der Waals surface area contributed by atoms with Crippen LogP contribution in [0.2, 0.25) is 5.02 Å². The summed E-state index contributed by atoms with van der Waals surface area (Å²) in [5.41, 5.74) is 4.46. The van der Waals surface area contributed by atoms with Gasteiger partial charge in [-0.3, -0.25) is 4.40 Å². The first-order valence-corrected chi connectivity index (χ1v) is 10.4. The Balaban J connectivity index is 1.88. The van der Waals surface area contributed by atoms with Crippen LogP contribution >= 0.6 is 27.5 Å². The van der Waals surface area contributed by atoms with Gasteiger partial charge in [-0.1, -0.05) is 29.8 Å². The number of aryl methyl sites for hydroxylation is 2. The molecule has 0 fully saturated rings. The lowest BCUT2D eigenvalue weighted by Gasteiger charge is -2.20. The van der Waals surface area contributed by atoms with Crippen LogP contribution in [0.25, 0.3) is 5.65 Å². The molecule has 154 valence electrons. The van der Waals surface area contributed by atoms with Gasteiger partial charge in [0.05, 0.1) is 5.69 Å². The molecule has 0 saturated heterocycles. The second kappa shape index (κ2) is 7.85. The first kappa shape index (κ1) is 20.6. The predicted octanol–water partition coefficient (Wildman–Crippen LogP) is 4.57. The maximum absolute atomic E-state index is 11.9. The minimum Gasteiger partial charge on any atom is -0.476 e. The molecule has 0 saturated carbocycles. The van der Waals surface area contributed by atoms with Crippen LogP contribution in [0.15, 0.2) is 41.3 Å². The van der Waals surface area contributed by atoms with Crippen molar-refractivity contribution in [3.05, 3.63) is 80.2 Å². The second-order valence-corrected chi connectivity index (χ2v) is 8.41. The first-order valence-electron chi connectivity index (χ1n) is 9.28. The van der Waals surface area contributed by atoms with Gasteiger partial charge in [0, 0.05) is 24.2 Å². The summed E-state index contributed by atoms with van der Waals surface area (Å²) in [5.74, 6) is -0.509. The number of hydrogen-bond acceptors (Lipinski definition) is 4. The molecule has 4 aromatic rings. The molecular formula is C21H19BrClN5O2. The Bertz CT molecular complexity index is 1260. The van der Waals surface area contributed by atoms with Crippen molar-refractivity contribution in [2.45, 2.75) is 26.2 Å². The lowest BCUT2D eigenvalue weighted by atomic mass is 9.88. The van der Waals surface area contributed by atoms with Crippen LogP contribution in [-0.4, -0.2) is 35.2 Å². The van der Waals surface area contributed by atoms with E-state index in [2.05, 4.69) is 37.2 Å². The molecule has 4 rings (SSSR count). The lowest BCUT2D eigenvalue weighted by molar-refractivity contribution is 0.0689. The highest BCUT2D eigenvalue weighted by Gasteiger charge is 2.28. The van der Waals surface area contributed by atoms with Crippen molar-refractivity contribution in [3.8, 4) is 0 Å². The van der Waals surface area contributed by atoms with Gasteiger partial charge in [0.15, 0.2) is 16.1 Å². The molecule has 1 unspecified atom stereocenters. The van der Waals surface area contributed by atoms with Gasteiger partial charge in [-0.15, -0.1) is 10.2 Å². The summed E-state index contributed by atoms with van der Waals surface area (Å²) in [6.07, 6.45) is 2.58. The summed E-state index contributed by atoms with van der Waals surface area (Å²) < 4.78 is 4.20. The Morgan fingerprint density at radius 2 is 1.93 bits per heavy atom. The Labute approximate surface area is 186 Å². The Kier molecular flexibility index (Phi) is 5.38. The van der Waals surface area contributed by atoms with E-state index in [0.717, 1.165) is 28.2 Å². The van der Waals surface area contributed by atoms with Crippen molar-refractivity contribution in [1.29, 1.82) is 0 Å². The van der Waals surface area contributed by atoms with E-state index < -0.39 is 5.97 Å². The van der Waals surface area contributed by atoms with E-state index in [-0.39, 0.29) is 11.6 Å². The van der Waals surface area contributed by atoms with Gasteiger partial charge < -0.3 is 9.67 Å². The number of aromatic carboxylic acids is 1. The van der Waals surface area contributed by atoms with E-state index in [4.69, 9.17) is 11.6 Å². The minimum absolute atomic E-state index is 0.0302. The molecular weight excluding hydrogens is 470 g/mol. The number of halogens is 2. The molecule has 1 N–H and O–H groups in total. The summed E-state index contributed by atoms with van der Waals surface area (Å²) in [4.78, 5) is 16.1. The van der Waals surface area contributed by atoms with Crippen molar-refractivity contribution in [2.75, 3.05) is 0 Å².